The molecule has 4 rings (SSSR count). The summed E-state index contributed by atoms with van der Waals surface area (Å²) in [6.07, 6.45) is 5.49. The number of ether oxygens (including phenoxy) is 2. The minimum Gasteiger partial charge on any atom is -0.496 e. The molecule has 0 aliphatic carbocycles. The molecule has 136 valence electrons. The standard InChI is InChI=1S/C20H21ClN2O3/c1-25-17-4-2-3-14-5-10-26-20(18(14)17)6-8-23(9-7-20)19(24)15-11-16(21)13-22-12-15/h2-4,11-13H,5-10H2,1H3. The molecule has 2 aromatic rings. The highest BCUT2D eigenvalue weighted by molar-refractivity contribution is 6.30. The van der Waals surface area contributed by atoms with Crippen LogP contribution in [0.2, 0.25) is 5.02 Å². The maximum atomic E-state index is 12.8. The predicted octanol–water partition coefficient (Wildman–Crippen LogP) is 3.45. The van der Waals surface area contributed by atoms with Gasteiger partial charge in [-0.2, -0.15) is 0 Å². The second-order valence-corrected chi connectivity index (χ2v) is 7.21. The lowest BCUT2D eigenvalue weighted by Crippen LogP contribution is -2.48. The van der Waals surface area contributed by atoms with Crippen LogP contribution in [0.25, 0.3) is 0 Å². The number of hydrogen-bond donors (Lipinski definition) is 0. The van der Waals surface area contributed by atoms with Crippen molar-refractivity contribution < 1.29 is 14.3 Å². The topological polar surface area (TPSA) is 51.7 Å². The van der Waals surface area contributed by atoms with E-state index < -0.39 is 0 Å². The van der Waals surface area contributed by atoms with E-state index in [0.717, 1.165) is 30.6 Å². The Hall–Kier alpha value is -2.11. The van der Waals surface area contributed by atoms with Gasteiger partial charge in [-0.05, 0) is 37.0 Å². The molecular weight excluding hydrogens is 352 g/mol. The molecule has 5 nitrogen and oxygen atoms in total. The van der Waals surface area contributed by atoms with E-state index in [4.69, 9.17) is 21.1 Å². The van der Waals surface area contributed by atoms with Gasteiger partial charge in [0, 0.05) is 31.0 Å². The summed E-state index contributed by atoms with van der Waals surface area (Å²) < 4.78 is 11.9. The highest BCUT2D eigenvalue weighted by Crippen LogP contribution is 2.45. The van der Waals surface area contributed by atoms with Gasteiger partial charge in [0.05, 0.1) is 24.3 Å². The Bertz CT molecular complexity index is 817. The summed E-state index contributed by atoms with van der Waals surface area (Å²) >= 11 is 5.97. The zero-order valence-electron chi connectivity index (χ0n) is 14.7. The van der Waals surface area contributed by atoms with E-state index in [0.29, 0.717) is 30.3 Å². The highest BCUT2D eigenvalue weighted by Gasteiger charge is 2.43. The van der Waals surface area contributed by atoms with Gasteiger partial charge < -0.3 is 14.4 Å². The molecule has 2 aliphatic heterocycles. The van der Waals surface area contributed by atoms with E-state index in [9.17, 15) is 4.79 Å². The molecule has 1 fully saturated rings. The van der Waals surface area contributed by atoms with Crippen molar-refractivity contribution in [2.24, 2.45) is 0 Å². The summed E-state index contributed by atoms with van der Waals surface area (Å²) in [6.45, 7) is 1.96. The normalized spacial score (nSPS) is 18.5. The van der Waals surface area contributed by atoms with Crippen LogP contribution in [0.4, 0.5) is 0 Å². The fraction of sp³-hybridized carbons (Fsp3) is 0.400. The molecule has 1 spiro atoms. The van der Waals surface area contributed by atoms with Crippen molar-refractivity contribution >= 4 is 17.5 Å². The van der Waals surface area contributed by atoms with Gasteiger partial charge in [-0.1, -0.05) is 23.7 Å². The second kappa shape index (κ2) is 6.89. The number of carbonyl (C=O) groups excluding carboxylic acids is 1. The van der Waals surface area contributed by atoms with Crippen LogP contribution in [0, 0.1) is 0 Å². The SMILES string of the molecule is COc1cccc2c1C1(CCN(C(=O)c3cncc(Cl)c3)CC1)OCC2. The van der Waals surface area contributed by atoms with Gasteiger partial charge in [0.2, 0.25) is 0 Å². The molecule has 2 aliphatic rings. The van der Waals surface area contributed by atoms with Crippen LogP contribution in [-0.2, 0) is 16.8 Å². The number of piperidine rings is 1. The third kappa shape index (κ3) is 2.95. The largest absolute Gasteiger partial charge is 0.496 e. The Morgan fingerprint density at radius 3 is 2.85 bits per heavy atom. The van der Waals surface area contributed by atoms with Crippen molar-refractivity contribution in [3.05, 3.63) is 58.4 Å². The second-order valence-electron chi connectivity index (χ2n) is 6.77. The number of nitrogens with zero attached hydrogens (tertiary/aromatic N) is 2. The average molecular weight is 373 g/mol. The molecule has 0 radical (unpaired) electrons. The van der Waals surface area contributed by atoms with E-state index in [-0.39, 0.29) is 11.5 Å². The molecule has 1 saturated heterocycles. The molecule has 0 atom stereocenters. The average Bonchev–Trinajstić information content (AvgIpc) is 2.68. The molecule has 0 N–H and O–H groups in total. The number of rotatable bonds is 2. The van der Waals surface area contributed by atoms with Gasteiger partial charge in [-0.3, -0.25) is 9.78 Å². The molecule has 26 heavy (non-hydrogen) atoms. The van der Waals surface area contributed by atoms with Crippen LogP contribution < -0.4 is 4.74 Å². The van der Waals surface area contributed by atoms with Crippen molar-refractivity contribution in [1.29, 1.82) is 0 Å². The number of benzene rings is 1. The number of hydrogen-bond acceptors (Lipinski definition) is 4. The van der Waals surface area contributed by atoms with Crippen molar-refractivity contribution in [3.63, 3.8) is 0 Å². The monoisotopic (exact) mass is 372 g/mol. The first kappa shape index (κ1) is 17.3. The molecule has 0 unspecified atom stereocenters. The molecule has 6 heteroatoms. The van der Waals surface area contributed by atoms with Crippen molar-refractivity contribution in [2.45, 2.75) is 24.9 Å². The minimum absolute atomic E-state index is 0.0362. The quantitative estimate of drug-likeness (QED) is 0.810. The molecule has 0 saturated carbocycles. The molecule has 1 aromatic heterocycles. The van der Waals surface area contributed by atoms with Gasteiger partial charge in [0.1, 0.15) is 11.4 Å². The number of methoxy groups -OCH3 is 1. The predicted molar refractivity (Wildman–Crippen MR) is 98.7 cm³/mol. The summed E-state index contributed by atoms with van der Waals surface area (Å²) in [5.41, 5.74) is 2.60. The number of likely N-dealkylation sites (tertiary alicyclic amines) is 1. The van der Waals surface area contributed by atoms with Crippen LogP contribution in [0.5, 0.6) is 5.75 Å². The number of aromatic nitrogens is 1. The maximum absolute atomic E-state index is 12.8. The number of halogens is 1. The smallest absolute Gasteiger partial charge is 0.255 e. The number of carbonyl (C=O) groups is 1. The van der Waals surface area contributed by atoms with Crippen molar-refractivity contribution in [3.8, 4) is 5.75 Å². The fourth-order valence-electron chi connectivity index (χ4n) is 4.08. The zero-order valence-corrected chi connectivity index (χ0v) is 15.5. The van der Waals surface area contributed by atoms with Gasteiger partial charge in [-0.25, -0.2) is 0 Å². The maximum Gasteiger partial charge on any atom is 0.255 e. The van der Waals surface area contributed by atoms with E-state index in [1.165, 1.54) is 11.8 Å². The lowest BCUT2D eigenvalue weighted by atomic mass is 9.78. The van der Waals surface area contributed by atoms with Gasteiger partial charge in [0.25, 0.3) is 5.91 Å². The van der Waals surface area contributed by atoms with Crippen LogP contribution in [0.15, 0.2) is 36.7 Å². The minimum atomic E-state index is -0.371. The molecule has 0 bridgehead atoms. The number of fused-ring (bicyclic) bond motifs is 2. The van der Waals surface area contributed by atoms with E-state index in [1.807, 2.05) is 17.0 Å². The van der Waals surface area contributed by atoms with Crippen LogP contribution >= 0.6 is 11.6 Å². The Balaban J connectivity index is 1.57. The number of amides is 1. The Morgan fingerprint density at radius 1 is 1.31 bits per heavy atom. The summed E-state index contributed by atoms with van der Waals surface area (Å²) in [4.78, 5) is 18.6. The van der Waals surface area contributed by atoms with Crippen LogP contribution in [0.1, 0.15) is 34.3 Å². The first-order valence-corrected chi connectivity index (χ1v) is 9.21. The number of pyridine rings is 1. The third-order valence-corrected chi connectivity index (χ3v) is 5.55. The first-order valence-electron chi connectivity index (χ1n) is 8.83. The summed E-state index contributed by atoms with van der Waals surface area (Å²) in [7, 11) is 1.70. The lowest BCUT2D eigenvalue weighted by Gasteiger charge is -2.45. The van der Waals surface area contributed by atoms with Crippen molar-refractivity contribution in [2.75, 3.05) is 26.8 Å². The molecule has 1 aromatic carbocycles. The Morgan fingerprint density at radius 2 is 2.12 bits per heavy atom. The summed E-state index contributed by atoms with van der Waals surface area (Å²) in [6, 6.07) is 7.83. The highest BCUT2D eigenvalue weighted by atomic mass is 35.5. The fourth-order valence-corrected chi connectivity index (χ4v) is 4.25. The molecule has 3 heterocycles. The molecule has 1 amide bonds. The van der Waals surface area contributed by atoms with E-state index >= 15 is 0 Å². The van der Waals surface area contributed by atoms with E-state index in [2.05, 4.69) is 11.1 Å². The van der Waals surface area contributed by atoms with Gasteiger partial charge in [-0.15, -0.1) is 0 Å². The first-order chi connectivity index (χ1) is 12.6. The Kier molecular flexibility index (Phi) is 4.59. The summed E-state index contributed by atoms with van der Waals surface area (Å²) in [5.74, 6) is 0.840. The Labute approximate surface area is 157 Å². The van der Waals surface area contributed by atoms with Gasteiger partial charge >= 0.3 is 0 Å². The zero-order chi connectivity index (χ0) is 18.1. The summed E-state index contributed by atoms with van der Waals surface area (Å²) in [5, 5.41) is 0.471. The van der Waals surface area contributed by atoms with Gasteiger partial charge in [0.15, 0.2) is 0 Å². The van der Waals surface area contributed by atoms with Crippen molar-refractivity contribution in [1.82, 2.24) is 9.88 Å². The lowest BCUT2D eigenvalue weighted by molar-refractivity contribution is -0.0946. The van der Waals surface area contributed by atoms with E-state index in [1.54, 1.807) is 19.4 Å². The third-order valence-electron chi connectivity index (χ3n) is 5.35. The van der Waals surface area contributed by atoms with Crippen LogP contribution in [-0.4, -0.2) is 42.6 Å². The van der Waals surface area contributed by atoms with Crippen LogP contribution in [0.3, 0.4) is 0 Å². The molecular formula is C20H21ClN2O3.